The van der Waals surface area contributed by atoms with Crippen molar-refractivity contribution >= 4 is 38.6 Å². The summed E-state index contributed by atoms with van der Waals surface area (Å²) in [5, 5.41) is 4.51. The van der Waals surface area contributed by atoms with Gasteiger partial charge in [0.05, 0.1) is 0 Å². The topological polar surface area (TPSA) is 70.7 Å². The molecule has 1 fully saturated rings. The highest BCUT2D eigenvalue weighted by atomic mass is 32.2. The molecule has 0 radical (unpaired) electrons. The van der Waals surface area contributed by atoms with Crippen molar-refractivity contribution in [1.82, 2.24) is 15.1 Å². The lowest BCUT2D eigenvalue weighted by Crippen LogP contribution is -2.46. The third kappa shape index (κ3) is 6.53. The van der Waals surface area contributed by atoms with Crippen molar-refractivity contribution in [1.29, 1.82) is 0 Å². The summed E-state index contributed by atoms with van der Waals surface area (Å²) in [7, 11) is -3.82. The van der Waals surface area contributed by atoms with Crippen LogP contribution in [0, 0.1) is 0 Å². The zero-order valence-electron chi connectivity index (χ0n) is 9.64. The summed E-state index contributed by atoms with van der Waals surface area (Å²) in [6.45, 7) is 4.50. The lowest BCUT2D eigenvalue weighted by atomic mass is 10.4. The average Bonchev–Trinajstić information content (AvgIpc) is 2.26. The molecule has 0 aromatic rings. The number of nitrogens with one attached hydrogen (secondary N) is 2. The van der Waals surface area contributed by atoms with Crippen molar-refractivity contribution in [3.63, 3.8) is 0 Å². The fourth-order valence-electron chi connectivity index (χ4n) is 1.20. The maximum Gasteiger partial charge on any atom is 0.377 e. The van der Waals surface area contributed by atoms with Crippen LogP contribution in [0.3, 0.4) is 0 Å². The van der Waals surface area contributed by atoms with Gasteiger partial charge in [0.1, 0.15) is 4.32 Å². The van der Waals surface area contributed by atoms with Gasteiger partial charge in [0.25, 0.3) is 0 Å². The first kappa shape index (κ1) is 15.1. The molecule has 9 heteroatoms. The minimum atomic E-state index is -3.82. The average molecular weight is 299 g/mol. The Morgan fingerprint density at radius 2 is 2.18 bits per heavy atom. The first-order valence-electron chi connectivity index (χ1n) is 5.38. The lowest BCUT2D eigenvalue weighted by molar-refractivity contribution is -0.0604. The molecule has 0 spiro atoms. The summed E-state index contributed by atoms with van der Waals surface area (Å²) in [5.74, 6) is 0.787. The lowest BCUT2D eigenvalue weighted by Gasteiger charge is -2.25. The Morgan fingerprint density at radius 1 is 1.53 bits per heavy atom. The van der Waals surface area contributed by atoms with E-state index in [1.165, 1.54) is 16.8 Å². The van der Waals surface area contributed by atoms with E-state index in [0.29, 0.717) is 26.2 Å². The molecule has 0 atom stereocenters. The number of thiocarbonyl (C=S) groups is 1. The molecule has 0 saturated carbocycles. The summed E-state index contributed by atoms with van der Waals surface area (Å²) >= 11 is 6.19. The maximum absolute atomic E-state index is 11.6. The molecule has 2 N–H and O–H groups in total. The second kappa shape index (κ2) is 7.49. The second-order valence-corrected chi connectivity index (χ2v) is 6.48. The van der Waals surface area contributed by atoms with E-state index in [9.17, 15) is 8.42 Å². The molecular formula is C8H17N3O3S3. The quantitative estimate of drug-likeness (QED) is 0.697. The molecule has 0 unspecified atom stereocenters. The molecule has 100 valence electrons. The first-order valence-corrected chi connectivity index (χ1v) is 8.18. The molecule has 1 saturated heterocycles. The van der Waals surface area contributed by atoms with Gasteiger partial charge in [-0.15, -0.1) is 0 Å². The van der Waals surface area contributed by atoms with Crippen LogP contribution in [-0.2, 0) is 14.6 Å². The molecule has 1 aliphatic heterocycles. The molecular weight excluding hydrogens is 282 g/mol. The number of piperazine rings is 1. The van der Waals surface area contributed by atoms with Crippen molar-refractivity contribution in [2.75, 3.05) is 31.9 Å². The predicted octanol–water partition coefficient (Wildman–Crippen LogP) is 0.0857. The molecule has 0 aromatic heterocycles. The molecule has 0 aliphatic carbocycles. The van der Waals surface area contributed by atoms with Crippen molar-refractivity contribution in [2.24, 2.45) is 0 Å². The number of nitrogens with zero attached hydrogens (tertiary/aromatic N) is 1. The van der Waals surface area contributed by atoms with Crippen LogP contribution in [0.15, 0.2) is 0 Å². The van der Waals surface area contributed by atoms with Crippen molar-refractivity contribution < 1.29 is 12.7 Å². The van der Waals surface area contributed by atoms with Gasteiger partial charge in [0.15, 0.2) is 0 Å². The summed E-state index contributed by atoms with van der Waals surface area (Å²) in [6, 6.07) is 0. The smallest absolute Gasteiger partial charge is 0.314 e. The van der Waals surface area contributed by atoms with Crippen LogP contribution in [0.4, 0.5) is 0 Å². The van der Waals surface area contributed by atoms with E-state index in [4.69, 9.17) is 16.5 Å². The molecule has 1 rings (SSSR count). The van der Waals surface area contributed by atoms with E-state index in [1.807, 2.05) is 6.92 Å². The minimum absolute atomic E-state index is 0.224. The van der Waals surface area contributed by atoms with Crippen molar-refractivity contribution in [2.45, 2.75) is 13.3 Å². The second-order valence-electron chi connectivity index (χ2n) is 3.45. The highest BCUT2D eigenvalue weighted by molar-refractivity contribution is 8.23. The van der Waals surface area contributed by atoms with Gasteiger partial charge in [0, 0.05) is 31.9 Å². The number of hydrogen-bond donors (Lipinski definition) is 2. The summed E-state index contributed by atoms with van der Waals surface area (Å²) < 4.78 is 30.5. The normalized spacial score (nSPS) is 17.9. The van der Waals surface area contributed by atoms with Crippen molar-refractivity contribution in [3.05, 3.63) is 0 Å². The Hall–Kier alpha value is 0.0700. The van der Waals surface area contributed by atoms with Crippen molar-refractivity contribution in [3.8, 4) is 0 Å². The Balaban J connectivity index is 2.36. The Morgan fingerprint density at radius 3 is 2.76 bits per heavy atom. The number of hydrogen-bond acceptors (Lipinski definition) is 7. The third-order valence-corrected chi connectivity index (χ3v) is 4.48. The van der Waals surface area contributed by atoms with E-state index in [0.717, 1.165) is 12.2 Å². The fourth-order valence-corrected chi connectivity index (χ4v) is 3.36. The van der Waals surface area contributed by atoms with Crippen LogP contribution in [0.1, 0.15) is 13.3 Å². The number of hydroxylamine groups is 2. The first-order chi connectivity index (χ1) is 8.03. The van der Waals surface area contributed by atoms with Gasteiger partial charge >= 0.3 is 10.3 Å². The van der Waals surface area contributed by atoms with E-state index in [-0.39, 0.29) is 4.32 Å². The van der Waals surface area contributed by atoms with Crippen LogP contribution in [-0.4, -0.2) is 49.7 Å². The fraction of sp³-hybridized carbons (Fsp3) is 0.875. The van der Waals surface area contributed by atoms with E-state index in [1.54, 1.807) is 0 Å². The van der Waals surface area contributed by atoms with Crippen LogP contribution in [0.25, 0.3) is 0 Å². The Labute approximate surface area is 112 Å². The van der Waals surface area contributed by atoms with Gasteiger partial charge in [-0.25, -0.2) is 4.72 Å². The van der Waals surface area contributed by atoms with Gasteiger partial charge < -0.3 is 5.32 Å². The predicted molar refractivity (Wildman–Crippen MR) is 72.9 cm³/mol. The molecule has 1 aliphatic rings. The zero-order valence-corrected chi connectivity index (χ0v) is 12.1. The van der Waals surface area contributed by atoms with E-state index in [2.05, 4.69) is 10.0 Å². The Bertz CT molecular complexity index is 341. The van der Waals surface area contributed by atoms with Crippen LogP contribution < -0.4 is 10.0 Å². The monoisotopic (exact) mass is 299 g/mol. The van der Waals surface area contributed by atoms with Crippen LogP contribution in [0.5, 0.6) is 0 Å². The van der Waals surface area contributed by atoms with Gasteiger partial charge in [-0.1, -0.05) is 30.9 Å². The van der Waals surface area contributed by atoms with Gasteiger partial charge in [-0.2, -0.15) is 17.8 Å². The molecule has 0 amide bonds. The molecule has 6 nitrogen and oxygen atoms in total. The Kier molecular flexibility index (Phi) is 6.67. The van der Waals surface area contributed by atoms with Crippen LogP contribution >= 0.6 is 24.0 Å². The molecule has 17 heavy (non-hydrogen) atoms. The molecule has 0 aromatic carbocycles. The summed E-state index contributed by atoms with van der Waals surface area (Å²) in [6.07, 6.45) is 0.936. The van der Waals surface area contributed by atoms with Gasteiger partial charge in [-0.3, -0.25) is 0 Å². The van der Waals surface area contributed by atoms with E-state index >= 15 is 0 Å². The SMILES string of the molecule is CCCSC(=S)NS(=O)(=O)ON1CCNCC1. The minimum Gasteiger partial charge on any atom is -0.314 e. The standard InChI is InChI=1S/C8H17N3O3S3/c1-2-7-16-8(15)10-17(12,13)14-11-5-3-9-4-6-11/h9H,2-7H2,1H3,(H,10,15). The summed E-state index contributed by atoms with van der Waals surface area (Å²) in [5.41, 5.74) is 0. The number of rotatable bonds is 5. The molecule has 1 heterocycles. The zero-order chi connectivity index (χ0) is 12.7. The maximum atomic E-state index is 11.6. The molecule has 0 bridgehead atoms. The third-order valence-electron chi connectivity index (χ3n) is 1.93. The van der Waals surface area contributed by atoms with Gasteiger partial charge in [-0.05, 0) is 6.42 Å². The van der Waals surface area contributed by atoms with Crippen LogP contribution in [0.2, 0.25) is 0 Å². The summed E-state index contributed by atoms with van der Waals surface area (Å²) in [4.78, 5) is 0. The largest absolute Gasteiger partial charge is 0.377 e. The highest BCUT2D eigenvalue weighted by Crippen LogP contribution is 2.06. The van der Waals surface area contributed by atoms with E-state index < -0.39 is 10.3 Å². The van der Waals surface area contributed by atoms with Gasteiger partial charge in [0.2, 0.25) is 0 Å². The highest BCUT2D eigenvalue weighted by Gasteiger charge is 2.20. The number of thioether (sulfide) groups is 1.